The first-order chi connectivity index (χ1) is 6.36. The molecule has 1 nitrogen and oxygen atoms in total. The molecule has 0 radical (unpaired) electrons. The van der Waals surface area contributed by atoms with Crippen LogP contribution in [0.1, 0.15) is 11.1 Å². The summed E-state index contributed by atoms with van der Waals surface area (Å²) in [6.07, 6.45) is 3.66. The van der Waals surface area contributed by atoms with E-state index in [1.54, 1.807) is 11.3 Å². The molecule has 0 amide bonds. The minimum Gasteiger partial charge on any atom is -0.244 e. The summed E-state index contributed by atoms with van der Waals surface area (Å²) in [7, 11) is 0. The second kappa shape index (κ2) is 3.15. The Bertz CT molecular complexity index is 468. The van der Waals surface area contributed by atoms with Crippen LogP contribution in [0.4, 0.5) is 0 Å². The van der Waals surface area contributed by atoms with Gasteiger partial charge in [0.05, 0.1) is 15.7 Å². The predicted octanol–water partition coefficient (Wildman–Crippen LogP) is 3.58. The largest absolute Gasteiger partial charge is 0.244 e. The molecule has 0 aliphatic rings. The maximum absolute atomic E-state index is 4.30. The van der Waals surface area contributed by atoms with Crippen LogP contribution >= 0.6 is 11.3 Å². The lowest BCUT2D eigenvalue weighted by Crippen LogP contribution is -1.81. The Morgan fingerprint density at radius 3 is 2.77 bits per heavy atom. The van der Waals surface area contributed by atoms with Crippen LogP contribution in [-0.2, 0) is 0 Å². The van der Waals surface area contributed by atoms with Crippen molar-refractivity contribution >= 4 is 33.7 Å². The van der Waals surface area contributed by atoms with E-state index in [0.717, 1.165) is 16.6 Å². The van der Waals surface area contributed by atoms with Gasteiger partial charge in [-0.2, -0.15) is 0 Å². The second-order valence-corrected chi connectivity index (χ2v) is 3.56. The molecule has 0 bridgehead atoms. The zero-order valence-corrected chi connectivity index (χ0v) is 7.97. The van der Waals surface area contributed by atoms with Crippen molar-refractivity contribution in [2.75, 3.05) is 0 Å². The smallest absolute Gasteiger partial charge is 0.0890 e. The highest BCUT2D eigenvalue weighted by atomic mass is 32.1. The van der Waals surface area contributed by atoms with Crippen LogP contribution in [0.2, 0.25) is 0 Å². The van der Waals surface area contributed by atoms with Crippen molar-refractivity contribution in [2.24, 2.45) is 0 Å². The summed E-state index contributed by atoms with van der Waals surface area (Å²) in [6.45, 7) is 7.54. The Balaban J connectivity index is 2.89. The van der Waals surface area contributed by atoms with Gasteiger partial charge in [-0.15, -0.1) is 11.3 Å². The van der Waals surface area contributed by atoms with E-state index in [4.69, 9.17) is 0 Å². The zero-order valence-electron chi connectivity index (χ0n) is 7.16. The highest BCUT2D eigenvalue weighted by molar-refractivity contribution is 7.16. The molecule has 2 aromatic rings. The van der Waals surface area contributed by atoms with Gasteiger partial charge in [0.25, 0.3) is 0 Å². The summed E-state index contributed by atoms with van der Waals surface area (Å²) in [4.78, 5) is 4.30. The summed E-state index contributed by atoms with van der Waals surface area (Å²) >= 11 is 1.64. The Morgan fingerprint density at radius 2 is 2.08 bits per heavy atom. The molecule has 0 spiro atoms. The molecule has 0 atom stereocenters. The van der Waals surface area contributed by atoms with Crippen molar-refractivity contribution in [3.8, 4) is 0 Å². The van der Waals surface area contributed by atoms with Gasteiger partial charge in [-0.3, -0.25) is 0 Å². The molecule has 0 aliphatic carbocycles. The van der Waals surface area contributed by atoms with E-state index >= 15 is 0 Å². The fraction of sp³-hybridized carbons (Fsp3) is 0. The number of benzene rings is 1. The number of rotatable bonds is 2. The van der Waals surface area contributed by atoms with Crippen molar-refractivity contribution in [1.82, 2.24) is 4.98 Å². The van der Waals surface area contributed by atoms with Crippen molar-refractivity contribution in [1.29, 1.82) is 0 Å². The molecular weight excluding hydrogens is 178 g/mol. The molecule has 13 heavy (non-hydrogen) atoms. The van der Waals surface area contributed by atoms with Gasteiger partial charge >= 0.3 is 0 Å². The normalized spacial score (nSPS) is 10.2. The van der Waals surface area contributed by atoms with Crippen LogP contribution in [0.25, 0.3) is 22.4 Å². The maximum atomic E-state index is 4.30. The van der Waals surface area contributed by atoms with E-state index < -0.39 is 0 Å². The third-order valence-corrected chi connectivity index (χ3v) is 2.79. The molecule has 1 heterocycles. The number of thiazole rings is 1. The third-order valence-electron chi connectivity index (χ3n) is 2.00. The summed E-state index contributed by atoms with van der Waals surface area (Å²) < 4.78 is 1.19. The molecule has 0 N–H and O–H groups in total. The first-order valence-electron chi connectivity index (χ1n) is 3.98. The van der Waals surface area contributed by atoms with Crippen molar-refractivity contribution in [2.45, 2.75) is 0 Å². The van der Waals surface area contributed by atoms with Gasteiger partial charge in [-0.05, 0) is 11.6 Å². The van der Waals surface area contributed by atoms with E-state index in [-0.39, 0.29) is 0 Å². The molecule has 2 heteroatoms. The van der Waals surface area contributed by atoms with Crippen molar-refractivity contribution < 1.29 is 0 Å². The van der Waals surface area contributed by atoms with Crippen molar-refractivity contribution in [3.05, 3.63) is 41.9 Å². The molecule has 0 saturated heterocycles. The average Bonchev–Trinajstić information content (AvgIpc) is 2.63. The molecule has 1 aromatic heterocycles. The summed E-state index contributed by atoms with van der Waals surface area (Å²) in [5.41, 5.74) is 5.05. The average molecular weight is 187 g/mol. The fourth-order valence-corrected chi connectivity index (χ4v) is 2.05. The van der Waals surface area contributed by atoms with E-state index in [2.05, 4.69) is 24.2 Å². The molecule has 1 aromatic carbocycles. The highest BCUT2D eigenvalue weighted by Gasteiger charge is 2.03. The monoisotopic (exact) mass is 187 g/mol. The molecule has 0 aliphatic heterocycles. The number of aromatic nitrogens is 1. The van der Waals surface area contributed by atoms with Crippen LogP contribution in [0.5, 0.6) is 0 Å². The second-order valence-electron chi connectivity index (χ2n) is 2.68. The van der Waals surface area contributed by atoms with Gasteiger partial charge in [0.2, 0.25) is 0 Å². The first kappa shape index (κ1) is 8.20. The molecule has 0 unspecified atom stereocenters. The van der Waals surface area contributed by atoms with Gasteiger partial charge in [0.15, 0.2) is 0 Å². The van der Waals surface area contributed by atoms with Crippen LogP contribution in [0, 0.1) is 0 Å². The topological polar surface area (TPSA) is 12.9 Å². The molecular formula is C11H9NS. The van der Waals surface area contributed by atoms with E-state index in [1.807, 2.05) is 23.7 Å². The standard InChI is InChI=1S/C11H9NS/c1-3-8-5-6-10-11(9(8)4-2)12-7-13-10/h3-7H,1-2H2. The quantitative estimate of drug-likeness (QED) is 0.700. The lowest BCUT2D eigenvalue weighted by atomic mass is 10.1. The summed E-state index contributed by atoms with van der Waals surface area (Å²) in [6, 6.07) is 4.11. The third kappa shape index (κ3) is 1.19. The Hall–Kier alpha value is -1.41. The molecule has 0 fully saturated rings. The minimum atomic E-state index is 1.03. The van der Waals surface area contributed by atoms with Gasteiger partial charge in [0.1, 0.15) is 0 Å². The minimum absolute atomic E-state index is 1.03. The fourth-order valence-electron chi connectivity index (χ4n) is 1.36. The van der Waals surface area contributed by atoms with Crippen molar-refractivity contribution in [3.63, 3.8) is 0 Å². The SMILES string of the molecule is C=Cc1ccc2scnc2c1C=C. The summed E-state index contributed by atoms with van der Waals surface area (Å²) in [5, 5.41) is 0. The van der Waals surface area contributed by atoms with E-state index in [1.165, 1.54) is 4.70 Å². The molecule has 2 rings (SSSR count). The zero-order chi connectivity index (χ0) is 9.26. The highest BCUT2D eigenvalue weighted by Crippen LogP contribution is 2.25. The van der Waals surface area contributed by atoms with Gasteiger partial charge < -0.3 is 0 Å². The number of fused-ring (bicyclic) bond motifs is 1. The van der Waals surface area contributed by atoms with Crippen LogP contribution in [0.15, 0.2) is 30.8 Å². The van der Waals surface area contributed by atoms with Crippen LogP contribution < -0.4 is 0 Å². The lowest BCUT2D eigenvalue weighted by molar-refractivity contribution is 1.48. The van der Waals surface area contributed by atoms with Crippen LogP contribution in [0.3, 0.4) is 0 Å². The summed E-state index contributed by atoms with van der Waals surface area (Å²) in [5.74, 6) is 0. The number of hydrogen-bond donors (Lipinski definition) is 0. The first-order valence-corrected chi connectivity index (χ1v) is 4.86. The number of hydrogen-bond acceptors (Lipinski definition) is 2. The molecule has 64 valence electrons. The lowest BCUT2D eigenvalue weighted by Gasteiger charge is -2.00. The number of nitrogens with zero attached hydrogens (tertiary/aromatic N) is 1. The molecule has 0 saturated carbocycles. The van der Waals surface area contributed by atoms with E-state index in [0.29, 0.717) is 0 Å². The Kier molecular flexibility index (Phi) is 1.99. The maximum Gasteiger partial charge on any atom is 0.0890 e. The van der Waals surface area contributed by atoms with Gasteiger partial charge in [0, 0.05) is 5.56 Å². The van der Waals surface area contributed by atoms with Crippen LogP contribution in [-0.4, -0.2) is 4.98 Å². The van der Waals surface area contributed by atoms with E-state index in [9.17, 15) is 0 Å². The van der Waals surface area contributed by atoms with Gasteiger partial charge in [-0.1, -0.05) is 31.4 Å². The predicted molar refractivity (Wildman–Crippen MR) is 59.8 cm³/mol. The van der Waals surface area contributed by atoms with Gasteiger partial charge in [-0.25, -0.2) is 4.98 Å². The Morgan fingerprint density at radius 1 is 1.23 bits per heavy atom. The Labute approximate surface area is 81.1 Å².